The van der Waals surface area contributed by atoms with Crippen molar-refractivity contribution < 1.29 is 23.8 Å². The van der Waals surface area contributed by atoms with E-state index in [1.165, 1.54) is 17.0 Å². The van der Waals surface area contributed by atoms with Crippen molar-refractivity contribution >= 4 is 12.1 Å². The quantitative estimate of drug-likeness (QED) is 0.874. The number of rotatable bonds is 6. The molecule has 122 valence electrons. The number of benzene rings is 1. The molecule has 1 N–H and O–H groups in total. The number of carbonyl (C=O) groups is 2. The molecule has 0 unspecified atom stereocenters. The Morgan fingerprint density at radius 1 is 1.23 bits per heavy atom. The first kappa shape index (κ1) is 17.9. The van der Waals surface area contributed by atoms with Gasteiger partial charge in [0.05, 0.1) is 0 Å². The highest BCUT2D eigenvalue weighted by Crippen LogP contribution is 2.14. The van der Waals surface area contributed by atoms with E-state index in [4.69, 9.17) is 9.84 Å². The lowest BCUT2D eigenvalue weighted by Gasteiger charge is -2.27. The average Bonchev–Trinajstić information content (AvgIpc) is 2.37. The maximum Gasteiger partial charge on any atom is 0.410 e. The molecule has 0 radical (unpaired) electrons. The summed E-state index contributed by atoms with van der Waals surface area (Å²) in [6.45, 7) is 5.79. The van der Waals surface area contributed by atoms with E-state index in [-0.39, 0.29) is 25.3 Å². The summed E-state index contributed by atoms with van der Waals surface area (Å²) in [5, 5.41) is 8.70. The largest absolute Gasteiger partial charge is 0.481 e. The minimum absolute atomic E-state index is 0.0251. The molecular weight excluding hydrogens is 289 g/mol. The van der Waals surface area contributed by atoms with Crippen molar-refractivity contribution in [2.75, 3.05) is 6.54 Å². The van der Waals surface area contributed by atoms with E-state index in [0.29, 0.717) is 6.42 Å². The molecule has 22 heavy (non-hydrogen) atoms. The van der Waals surface area contributed by atoms with Gasteiger partial charge in [-0.3, -0.25) is 4.79 Å². The zero-order valence-electron chi connectivity index (χ0n) is 13.1. The minimum Gasteiger partial charge on any atom is -0.481 e. The van der Waals surface area contributed by atoms with Crippen LogP contribution in [0.25, 0.3) is 0 Å². The van der Waals surface area contributed by atoms with Crippen molar-refractivity contribution in [2.45, 2.75) is 45.8 Å². The van der Waals surface area contributed by atoms with Crippen molar-refractivity contribution in [3.63, 3.8) is 0 Å². The van der Waals surface area contributed by atoms with Crippen LogP contribution < -0.4 is 0 Å². The van der Waals surface area contributed by atoms with Crippen LogP contribution in [0.3, 0.4) is 0 Å². The summed E-state index contributed by atoms with van der Waals surface area (Å²) in [6, 6.07) is 5.81. The molecule has 0 aliphatic carbocycles. The molecular formula is C16H22FNO4. The van der Waals surface area contributed by atoms with Crippen molar-refractivity contribution in [3.05, 3.63) is 35.6 Å². The first-order valence-corrected chi connectivity index (χ1v) is 7.11. The zero-order chi connectivity index (χ0) is 16.8. The number of aliphatic carboxylic acids is 1. The molecule has 0 aliphatic rings. The molecule has 0 saturated carbocycles. The Hall–Kier alpha value is -2.11. The van der Waals surface area contributed by atoms with E-state index in [9.17, 15) is 14.0 Å². The highest BCUT2D eigenvalue weighted by Gasteiger charge is 2.22. The van der Waals surface area contributed by atoms with Crippen molar-refractivity contribution in [2.24, 2.45) is 0 Å². The second-order valence-electron chi connectivity index (χ2n) is 6.03. The number of halogens is 1. The van der Waals surface area contributed by atoms with Gasteiger partial charge in [0, 0.05) is 19.5 Å². The van der Waals surface area contributed by atoms with Gasteiger partial charge in [-0.05, 0) is 44.9 Å². The molecule has 1 rings (SSSR count). The first-order valence-electron chi connectivity index (χ1n) is 7.11. The van der Waals surface area contributed by atoms with Gasteiger partial charge in [-0.2, -0.15) is 0 Å². The van der Waals surface area contributed by atoms with Crippen molar-refractivity contribution in [3.8, 4) is 0 Å². The maximum atomic E-state index is 12.9. The van der Waals surface area contributed by atoms with E-state index < -0.39 is 17.7 Å². The molecule has 0 atom stereocenters. The minimum atomic E-state index is -0.911. The van der Waals surface area contributed by atoms with Crippen LogP contribution in [0.5, 0.6) is 0 Å². The predicted molar refractivity (Wildman–Crippen MR) is 79.9 cm³/mol. The van der Waals surface area contributed by atoms with Crippen LogP contribution in [0.1, 0.15) is 39.2 Å². The monoisotopic (exact) mass is 311 g/mol. The Bertz CT molecular complexity index is 508. The number of hydrogen-bond donors (Lipinski definition) is 1. The fourth-order valence-electron chi connectivity index (χ4n) is 1.79. The topological polar surface area (TPSA) is 66.8 Å². The third kappa shape index (κ3) is 7.06. The molecule has 0 bridgehead atoms. The molecule has 0 spiro atoms. The molecule has 0 aliphatic heterocycles. The lowest BCUT2D eigenvalue weighted by Crippen LogP contribution is -2.37. The standard InChI is InChI=1S/C16H22FNO4/c1-16(2,3)22-15(21)18(10-4-5-14(19)20)11-12-6-8-13(17)9-7-12/h6-9H,4-5,10-11H2,1-3H3,(H,19,20). The number of hydrogen-bond acceptors (Lipinski definition) is 3. The zero-order valence-corrected chi connectivity index (χ0v) is 13.1. The lowest BCUT2D eigenvalue weighted by atomic mass is 10.2. The van der Waals surface area contributed by atoms with Crippen molar-refractivity contribution in [1.82, 2.24) is 4.90 Å². The third-order valence-corrected chi connectivity index (χ3v) is 2.76. The molecule has 0 fully saturated rings. The van der Waals surface area contributed by atoms with Crippen LogP contribution in [0.4, 0.5) is 9.18 Å². The van der Waals surface area contributed by atoms with Gasteiger partial charge in [-0.25, -0.2) is 9.18 Å². The highest BCUT2D eigenvalue weighted by atomic mass is 19.1. The Kier molecular flexibility index (Phi) is 6.34. The summed E-state index contributed by atoms with van der Waals surface area (Å²) in [5.41, 5.74) is 0.118. The number of carbonyl (C=O) groups excluding carboxylic acids is 1. The summed E-state index contributed by atoms with van der Waals surface area (Å²) in [7, 11) is 0. The molecule has 5 nitrogen and oxygen atoms in total. The number of ether oxygens (including phenoxy) is 1. The fourth-order valence-corrected chi connectivity index (χ4v) is 1.79. The Labute approximate surface area is 129 Å². The van der Waals surface area contributed by atoms with Gasteiger partial charge in [-0.1, -0.05) is 12.1 Å². The SMILES string of the molecule is CC(C)(C)OC(=O)N(CCCC(=O)O)Cc1ccc(F)cc1. The van der Waals surface area contributed by atoms with Crippen LogP contribution >= 0.6 is 0 Å². The van der Waals surface area contributed by atoms with Gasteiger partial charge in [0.2, 0.25) is 0 Å². The number of amides is 1. The van der Waals surface area contributed by atoms with E-state index in [0.717, 1.165) is 5.56 Å². The molecule has 0 saturated heterocycles. The molecule has 1 aromatic rings. The lowest BCUT2D eigenvalue weighted by molar-refractivity contribution is -0.137. The van der Waals surface area contributed by atoms with Crippen LogP contribution in [-0.2, 0) is 16.1 Å². The van der Waals surface area contributed by atoms with Gasteiger partial charge in [0.25, 0.3) is 0 Å². The first-order chi connectivity index (χ1) is 10.2. The molecule has 6 heteroatoms. The van der Waals surface area contributed by atoms with Crippen LogP contribution in [-0.4, -0.2) is 34.2 Å². The van der Waals surface area contributed by atoms with E-state index in [1.54, 1.807) is 32.9 Å². The van der Waals surface area contributed by atoms with Crippen molar-refractivity contribution in [1.29, 1.82) is 0 Å². The Morgan fingerprint density at radius 3 is 2.32 bits per heavy atom. The van der Waals surface area contributed by atoms with E-state index >= 15 is 0 Å². The normalized spacial score (nSPS) is 11.1. The summed E-state index contributed by atoms with van der Waals surface area (Å²) in [6.07, 6.45) is -0.208. The Morgan fingerprint density at radius 2 is 1.82 bits per heavy atom. The van der Waals surface area contributed by atoms with Gasteiger partial charge >= 0.3 is 12.1 Å². The van der Waals surface area contributed by atoms with Gasteiger partial charge < -0.3 is 14.7 Å². The summed E-state index contributed by atoms with van der Waals surface area (Å²) in [5.74, 6) is -1.26. The number of nitrogens with zero attached hydrogens (tertiary/aromatic N) is 1. The van der Waals surface area contributed by atoms with E-state index in [1.807, 2.05) is 0 Å². The number of carboxylic acids is 1. The van der Waals surface area contributed by atoms with Gasteiger partial charge in [0.1, 0.15) is 11.4 Å². The second kappa shape index (κ2) is 7.77. The van der Waals surface area contributed by atoms with Gasteiger partial charge in [0.15, 0.2) is 0 Å². The second-order valence-corrected chi connectivity index (χ2v) is 6.03. The van der Waals surface area contributed by atoms with Gasteiger partial charge in [-0.15, -0.1) is 0 Å². The van der Waals surface area contributed by atoms with Crippen LogP contribution in [0, 0.1) is 5.82 Å². The summed E-state index contributed by atoms with van der Waals surface area (Å²) in [4.78, 5) is 24.2. The average molecular weight is 311 g/mol. The van der Waals surface area contributed by atoms with Crippen LogP contribution in [0.2, 0.25) is 0 Å². The molecule has 0 heterocycles. The molecule has 1 aromatic carbocycles. The number of carboxylic acid groups (broad SMARTS) is 1. The van der Waals surface area contributed by atoms with E-state index in [2.05, 4.69) is 0 Å². The summed E-state index contributed by atoms with van der Waals surface area (Å²) < 4.78 is 18.2. The molecule has 0 aromatic heterocycles. The maximum absolute atomic E-state index is 12.9. The Balaban J connectivity index is 2.74. The smallest absolute Gasteiger partial charge is 0.410 e. The summed E-state index contributed by atoms with van der Waals surface area (Å²) >= 11 is 0. The molecule has 1 amide bonds. The highest BCUT2D eigenvalue weighted by molar-refractivity contribution is 5.69. The van der Waals surface area contributed by atoms with Crippen LogP contribution in [0.15, 0.2) is 24.3 Å². The third-order valence-electron chi connectivity index (χ3n) is 2.76. The fraction of sp³-hybridized carbons (Fsp3) is 0.500. The predicted octanol–water partition coefficient (Wildman–Crippen LogP) is 3.43.